The molecular weight excluding hydrogens is 398 g/mol. The maximum Gasteiger partial charge on any atom is 0.234 e. The van der Waals surface area contributed by atoms with Crippen LogP contribution in [0, 0.1) is 18.6 Å². The molecular formula is C20H20F2N4O2S. The van der Waals surface area contributed by atoms with Crippen LogP contribution < -0.4 is 10.1 Å². The molecule has 6 nitrogen and oxygen atoms in total. The van der Waals surface area contributed by atoms with E-state index in [2.05, 4.69) is 15.5 Å². The molecule has 0 saturated heterocycles. The summed E-state index contributed by atoms with van der Waals surface area (Å²) >= 11 is 1.23. The summed E-state index contributed by atoms with van der Waals surface area (Å²) in [6.45, 7) is 3.61. The van der Waals surface area contributed by atoms with Gasteiger partial charge in [-0.15, -0.1) is 10.2 Å². The van der Waals surface area contributed by atoms with E-state index in [0.29, 0.717) is 11.0 Å². The first kappa shape index (κ1) is 20.8. The number of thioether (sulfide) groups is 1. The van der Waals surface area contributed by atoms with Crippen LogP contribution in [-0.2, 0) is 11.8 Å². The van der Waals surface area contributed by atoms with Gasteiger partial charge in [0.05, 0.1) is 5.75 Å². The fraction of sp³-hybridized carbons (Fsp3) is 0.250. The Hall–Kier alpha value is -2.94. The van der Waals surface area contributed by atoms with E-state index in [9.17, 15) is 13.6 Å². The summed E-state index contributed by atoms with van der Waals surface area (Å²) in [7, 11) is 1.73. The highest BCUT2D eigenvalue weighted by Crippen LogP contribution is 2.26. The Labute approximate surface area is 171 Å². The lowest BCUT2D eigenvalue weighted by atomic mass is 10.2. The van der Waals surface area contributed by atoms with Crippen molar-refractivity contribution in [1.82, 2.24) is 14.8 Å². The van der Waals surface area contributed by atoms with E-state index in [4.69, 9.17) is 4.74 Å². The minimum Gasteiger partial charge on any atom is -0.480 e. The van der Waals surface area contributed by atoms with Crippen LogP contribution in [0.3, 0.4) is 0 Å². The van der Waals surface area contributed by atoms with Crippen molar-refractivity contribution in [1.29, 1.82) is 0 Å². The number of benzene rings is 2. The van der Waals surface area contributed by atoms with Crippen molar-refractivity contribution in [2.45, 2.75) is 25.1 Å². The number of carbonyl (C=O) groups excluding carboxylic acids is 1. The Morgan fingerprint density at radius 1 is 1.24 bits per heavy atom. The van der Waals surface area contributed by atoms with Crippen molar-refractivity contribution in [3.8, 4) is 5.75 Å². The Kier molecular flexibility index (Phi) is 6.48. The molecule has 0 aliphatic carbocycles. The van der Waals surface area contributed by atoms with E-state index in [1.807, 2.05) is 31.2 Å². The number of nitrogens with zero attached hydrogens (tertiary/aromatic N) is 3. The number of amides is 1. The van der Waals surface area contributed by atoms with Gasteiger partial charge in [-0.3, -0.25) is 4.79 Å². The molecule has 2 aromatic carbocycles. The maximum atomic E-state index is 13.8. The second-order valence-corrected chi connectivity index (χ2v) is 7.33. The molecule has 0 fully saturated rings. The van der Waals surface area contributed by atoms with Crippen molar-refractivity contribution >= 4 is 23.4 Å². The van der Waals surface area contributed by atoms with Gasteiger partial charge in [0, 0.05) is 18.8 Å². The van der Waals surface area contributed by atoms with E-state index in [0.717, 1.165) is 23.4 Å². The zero-order valence-corrected chi connectivity index (χ0v) is 17.0. The van der Waals surface area contributed by atoms with Crippen LogP contribution in [-0.4, -0.2) is 26.4 Å². The summed E-state index contributed by atoms with van der Waals surface area (Å²) in [6.07, 6.45) is -0.623. The van der Waals surface area contributed by atoms with E-state index in [1.165, 1.54) is 17.8 Å². The number of ether oxygens (including phenoxy) is 1. The molecule has 0 saturated carbocycles. The SMILES string of the molecule is Cc1ccccc1NC(=O)CSc1nnc(C(C)Oc2ccc(F)cc2F)n1C. The summed E-state index contributed by atoms with van der Waals surface area (Å²) in [5, 5.41) is 11.5. The molecule has 9 heteroatoms. The molecule has 1 amide bonds. The van der Waals surface area contributed by atoms with Crippen LogP contribution in [0.15, 0.2) is 47.6 Å². The fourth-order valence-electron chi connectivity index (χ4n) is 2.65. The van der Waals surface area contributed by atoms with E-state index in [1.54, 1.807) is 18.5 Å². The van der Waals surface area contributed by atoms with E-state index in [-0.39, 0.29) is 17.4 Å². The third kappa shape index (κ3) is 5.11. The normalized spacial score (nSPS) is 11.9. The summed E-state index contributed by atoms with van der Waals surface area (Å²) in [6, 6.07) is 10.6. The van der Waals surface area contributed by atoms with Gasteiger partial charge in [-0.05, 0) is 37.6 Å². The lowest BCUT2D eigenvalue weighted by molar-refractivity contribution is -0.113. The van der Waals surface area contributed by atoms with E-state index >= 15 is 0 Å². The minimum atomic E-state index is -0.790. The highest BCUT2D eigenvalue weighted by molar-refractivity contribution is 7.99. The summed E-state index contributed by atoms with van der Waals surface area (Å²) < 4.78 is 34.0. The van der Waals surface area contributed by atoms with Crippen LogP contribution in [0.2, 0.25) is 0 Å². The van der Waals surface area contributed by atoms with Crippen molar-refractivity contribution in [2.24, 2.45) is 7.05 Å². The average Bonchev–Trinajstić information content (AvgIpc) is 3.05. The topological polar surface area (TPSA) is 69.0 Å². The van der Waals surface area contributed by atoms with Crippen molar-refractivity contribution in [2.75, 3.05) is 11.1 Å². The molecule has 0 aliphatic heterocycles. The predicted octanol–water partition coefficient (Wildman–Crippen LogP) is 4.27. The average molecular weight is 418 g/mol. The molecule has 1 aromatic heterocycles. The molecule has 1 unspecified atom stereocenters. The Morgan fingerprint density at radius 2 is 2.00 bits per heavy atom. The lowest BCUT2D eigenvalue weighted by Crippen LogP contribution is -2.15. The van der Waals surface area contributed by atoms with Crippen molar-refractivity contribution in [3.05, 3.63) is 65.5 Å². The molecule has 3 aromatic rings. The standard InChI is InChI=1S/C20H20F2N4O2S/c1-12-6-4-5-7-16(12)23-18(27)11-29-20-25-24-19(26(20)3)13(2)28-17-9-8-14(21)10-15(17)22/h4-10,13H,11H2,1-3H3,(H,23,27). The second kappa shape index (κ2) is 9.04. The van der Waals surface area contributed by atoms with Crippen LogP contribution in [0.25, 0.3) is 0 Å². The Bertz CT molecular complexity index is 1030. The van der Waals surface area contributed by atoms with Crippen LogP contribution in [0.4, 0.5) is 14.5 Å². The number of hydrogen-bond donors (Lipinski definition) is 1. The highest BCUT2D eigenvalue weighted by Gasteiger charge is 2.19. The molecule has 1 atom stereocenters. The number of carbonyl (C=O) groups is 1. The molecule has 152 valence electrons. The van der Waals surface area contributed by atoms with Gasteiger partial charge in [-0.25, -0.2) is 8.78 Å². The number of para-hydroxylation sites is 1. The van der Waals surface area contributed by atoms with Gasteiger partial charge in [-0.2, -0.15) is 0 Å². The summed E-state index contributed by atoms with van der Waals surface area (Å²) in [5.41, 5.74) is 1.74. The highest BCUT2D eigenvalue weighted by atomic mass is 32.2. The van der Waals surface area contributed by atoms with Gasteiger partial charge in [0.1, 0.15) is 5.82 Å². The molecule has 3 rings (SSSR count). The first-order chi connectivity index (χ1) is 13.8. The van der Waals surface area contributed by atoms with Crippen LogP contribution in [0.5, 0.6) is 5.75 Å². The molecule has 0 radical (unpaired) electrons. The Balaban J connectivity index is 1.61. The number of rotatable bonds is 7. The Morgan fingerprint density at radius 3 is 2.72 bits per heavy atom. The molecule has 0 bridgehead atoms. The molecule has 0 aliphatic rings. The minimum absolute atomic E-state index is 0.0753. The van der Waals surface area contributed by atoms with E-state index < -0.39 is 17.7 Å². The summed E-state index contributed by atoms with van der Waals surface area (Å²) in [4.78, 5) is 12.2. The van der Waals surface area contributed by atoms with Gasteiger partial charge >= 0.3 is 0 Å². The third-order valence-electron chi connectivity index (χ3n) is 4.18. The lowest BCUT2D eigenvalue weighted by Gasteiger charge is -2.14. The molecule has 1 heterocycles. The van der Waals surface area contributed by atoms with Crippen molar-refractivity contribution in [3.63, 3.8) is 0 Å². The molecule has 1 N–H and O–H groups in total. The van der Waals surface area contributed by atoms with Crippen LogP contribution in [0.1, 0.15) is 24.4 Å². The maximum absolute atomic E-state index is 13.8. The monoisotopic (exact) mass is 418 g/mol. The van der Waals surface area contributed by atoms with Gasteiger partial charge in [0.25, 0.3) is 0 Å². The van der Waals surface area contributed by atoms with Crippen LogP contribution >= 0.6 is 11.8 Å². The smallest absolute Gasteiger partial charge is 0.234 e. The largest absolute Gasteiger partial charge is 0.480 e. The van der Waals surface area contributed by atoms with Gasteiger partial charge in [0.2, 0.25) is 5.91 Å². The zero-order chi connectivity index (χ0) is 21.0. The molecule has 29 heavy (non-hydrogen) atoms. The number of aryl methyl sites for hydroxylation is 1. The number of halogens is 2. The first-order valence-corrected chi connectivity index (χ1v) is 9.83. The zero-order valence-electron chi connectivity index (χ0n) is 16.1. The predicted molar refractivity (Wildman–Crippen MR) is 107 cm³/mol. The number of nitrogens with one attached hydrogen (secondary N) is 1. The van der Waals surface area contributed by atoms with Gasteiger partial charge in [0.15, 0.2) is 28.7 Å². The third-order valence-corrected chi connectivity index (χ3v) is 5.20. The van der Waals surface area contributed by atoms with Crippen molar-refractivity contribution < 1.29 is 18.3 Å². The first-order valence-electron chi connectivity index (χ1n) is 8.84. The summed E-state index contributed by atoms with van der Waals surface area (Å²) in [5.74, 6) is -1.09. The fourth-order valence-corrected chi connectivity index (χ4v) is 3.37. The number of aromatic nitrogens is 3. The second-order valence-electron chi connectivity index (χ2n) is 6.39. The van der Waals surface area contributed by atoms with Gasteiger partial charge < -0.3 is 14.6 Å². The van der Waals surface area contributed by atoms with Gasteiger partial charge in [-0.1, -0.05) is 30.0 Å². The number of hydrogen-bond acceptors (Lipinski definition) is 5. The molecule has 0 spiro atoms. The number of anilines is 1. The quantitative estimate of drug-likeness (QED) is 0.580.